The Balaban J connectivity index is 2.56. The Morgan fingerprint density at radius 3 is 2.85 bits per heavy atom. The minimum atomic E-state index is -0.314. The smallest absolute Gasteiger partial charge is 0.166 e. The average Bonchev–Trinajstić information content (AvgIpc) is 2.09. The topological polar surface area (TPSA) is 9.23 Å². The molecule has 0 heterocycles. The molecular weight excluding hydrogens is 235 g/mol. The fourth-order valence-electron chi connectivity index (χ4n) is 0.919. The van der Waals surface area contributed by atoms with Gasteiger partial charge in [-0.05, 0) is 24.6 Å². The first-order chi connectivity index (χ1) is 6.24. The lowest BCUT2D eigenvalue weighted by atomic mass is 10.3. The van der Waals surface area contributed by atoms with Gasteiger partial charge in [0.15, 0.2) is 11.6 Å². The highest BCUT2D eigenvalue weighted by molar-refractivity contribution is 9.10. The average molecular weight is 247 g/mol. The van der Waals surface area contributed by atoms with E-state index in [1.807, 2.05) is 0 Å². The Kier molecular flexibility index (Phi) is 4.22. The molecule has 0 aromatic heterocycles. The van der Waals surface area contributed by atoms with Crippen LogP contribution >= 0.6 is 15.9 Å². The summed E-state index contributed by atoms with van der Waals surface area (Å²) < 4.78 is 19.1. The molecule has 0 radical (unpaired) electrons. The second-order valence-electron chi connectivity index (χ2n) is 2.78. The summed E-state index contributed by atoms with van der Waals surface area (Å²) in [6.07, 6.45) is 2.01. The van der Waals surface area contributed by atoms with Crippen molar-refractivity contribution in [2.45, 2.75) is 19.8 Å². The van der Waals surface area contributed by atoms with Crippen molar-refractivity contribution in [1.82, 2.24) is 0 Å². The van der Waals surface area contributed by atoms with Gasteiger partial charge in [0, 0.05) is 4.47 Å². The van der Waals surface area contributed by atoms with Crippen LogP contribution in [0.3, 0.4) is 0 Å². The molecule has 0 saturated heterocycles. The highest BCUT2D eigenvalue weighted by Gasteiger charge is 2.02. The van der Waals surface area contributed by atoms with E-state index in [1.165, 1.54) is 6.07 Å². The fraction of sp³-hybridized carbons (Fsp3) is 0.400. The molecule has 0 spiro atoms. The predicted molar refractivity (Wildman–Crippen MR) is 54.5 cm³/mol. The molecule has 0 bridgehead atoms. The van der Waals surface area contributed by atoms with Gasteiger partial charge in [0.25, 0.3) is 0 Å². The molecule has 0 atom stereocenters. The SMILES string of the molecule is CCCCOc1ccc(Br)cc1F. The molecule has 0 fully saturated rings. The summed E-state index contributed by atoms with van der Waals surface area (Å²) in [6.45, 7) is 2.65. The molecule has 1 aromatic rings. The van der Waals surface area contributed by atoms with Crippen molar-refractivity contribution in [3.63, 3.8) is 0 Å². The van der Waals surface area contributed by atoms with Crippen molar-refractivity contribution >= 4 is 15.9 Å². The first-order valence-electron chi connectivity index (χ1n) is 4.32. The molecule has 0 saturated carbocycles. The molecule has 1 nitrogen and oxygen atoms in total. The quantitative estimate of drug-likeness (QED) is 0.736. The largest absolute Gasteiger partial charge is 0.491 e. The Bertz CT molecular complexity index is 276. The standard InChI is InChI=1S/C10H12BrFO/c1-2-3-6-13-10-5-4-8(11)7-9(10)12/h4-5,7H,2-3,6H2,1H3. The zero-order valence-electron chi connectivity index (χ0n) is 7.52. The van der Waals surface area contributed by atoms with Gasteiger partial charge in [0.2, 0.25) is 0 Å². The first-order valence-corrected chi connectivity index (χ1v) is 5.11. The van der Waals surface area contributed by atoms with Crippen molar-refractivity contribution in [2.24, 2.45) is 0 Å². The highest BCUT2D eigenvalue weighted by atomic mass is 79.9. The van der Waals surface area contributed by atoms with Crippen molar-refractivity contribution in [1.29, 1.82) is 0 Å². The lowest BCUT2D eigenvalue weighted by Gasteiger charge is -2.05. The normalized spacial score (nSPS) is 10.1. The second kappa shape index (κ2) is 5.22. The van der Waals surface area contributed by atoms with Crippen LogP contribution in [-0.2, 0) is 0 Å². The van der Waals surface area contributed by atoms with E-state index in [2.05, 4.69) is 22.9 Å². The van der Waals surface area contributed by atoms with Crippen LogP contribution in [0.1, 0.15) is 19.8 Å². The molecule has 0 aliphatic carbocycles. The van der Waals surface area contributed by atoms with Gasteiger partial charge in [-0.25, -0.2) is 4.39 Å². The van der Waals surface area contributed by atoms with Gasteiger partial charge in [-0.15, -0.1) is 0 Å². The number of rotatable bonds is 4. The van der Waals surface area contributed by atoms with E-state index < -0.39 is 0 Å². The van der Waals surface area contributed by atoms with Gasteiger partial charge < -0.3 is 4.74 Å². The van der Waals surface area contributed by atoms with E-state index in [4.69, 9.17) is 4.74 Å². The minimum absolute atomic E-state index is 0.314. The molecule has 0 aliphatic heterocycles. The molecule has 1 aromatic carbocycles. The van der Waals surface area contributed by atoms with E-state index in [-0.39, 0.29) is 5.82 Å². The van der Waals surface area contributed by atoms with Gasteiger partial charge in [-0.2, -0.15) is 0 Å². The molecule has 72 valence electrons. The summed E-state index contributed by atoms with van der Waals surface area (Å²) >= 11 is 3.18. The molecule has 0 amide bonds. The highest BCUT2D eigenvalue weighted by Crippen LogP contribution is 2.21. The van der Waals surface area contributed by atoms with Crippen molar-refractivity contribution in [3.05, 3.63) is 28.5 Å². The Labute approximate surface area is 86.0 Å². The number of hydrogen-bond acceptors (Lipinski definition) is 1. The summed E-state index contributed by atoms with van der Waals surface area (Å²) in [7, 11) is 0. The third-order valence-electron chi connectivity index (χ3n) is 1.65. The lowest BCUT2D eigenvalue weighted by Crippen LogP contribution is -1.98. The molecular formula is C10H12BrFO. The Morgan fingerprint density at radius 2 is 2.23 bits per heavy atom. The van der Waals surface area contributed by atoms with Crippen LogP contribution in [0, 0.1) is 5.82 Å². The summed E-state index contributed by atoms with van der Waals surface area (Å²) in [4.78, 5) is 0. The van der Waals surface area contributed by atoms with Crippen LogP contribution in [0.5, 0.6) is 5.75 Å². The van der Waals surface area contributed by atoms with Crippen LogP contribution in [0.25, 0.3) is 0 Å². The Morgan fingerprint density at radius 1 is 1.46 bits per heavy atom. The first kappa shape index (κ1) is 10.5. The molecule has 1 rings (SSSR count). The van der Waals surface area contributed by atoms with Gasteiger partial charge in [-0.1, -0.05) is 29.3 Å². The predicted octanol–water partition coefficient (Wildman–Crippen LogP) is 3.77. The van der Waals surface area contributed by atoms with Crippen molar-refractivity contribution < 1.29 is 9.13 Å². The van der Waals surface area contributed by atoms with Crippen LogP contribution < -0.4 is 4.74 Å². The number of hydrogen-bond donors (Lipinski definition) is 0. The molecule has 13 heavy (non-hydrogen) atoms. The Hall–Kier alpha value is -0.570. The summed E-state index contributed by atoms with van der Waals surface area (Å²) in [6, 6.07) is 4.81. The third-order valence-corrected chi connectivity index (χ3v) is 2.14. The van der Waals surface area contributed by atoms with Crippen LogP contribution in [0.15, 0.2) is 22.7 Å². The van der Waals surface area contributed by atoms with Crippen molar-refractivity contribution in [3.8, 4) is 5.75 Å². The maximum absolute atomic E-state index is 13.1. The van der Waals surface area contributed by atoms with Gasteiger partial charge >= 0.3 is 0 Å². The van der Waals surface area contributed by atoms with Crippen LogP contribution in [0.2, 0.25) is 0 Å². The molecule has 0 N–H and O–H groups in total. The monoisotopic (exact) mass is 246 g/mol. The zero-order valence-corrected chi connectivity index (χ0v) is 9.10. The van der Waals surface area contributed by atoms with E-state index >= 15 is 0 Å². The fourth-order valence-corrected chi connectivity index (χ4v) is 1.25. The maximum Gasteiger partial charge on any atom is 0.166 e. The summed E-state index contributed by atoms with van der Waals surface area (Å²) in [5, 5.41) is 0. The molecule has 3 heteroatoms. The van der Waals surface area contributed by atoms with Gasteiger partial charge in [0.1, 0.15) is 0 Å². The zero-order chi connectivity index (χ0) is 9.68. The van der Waals surface area contributed by atoms with E-state index in [0.717, 1.165) is 17.3 Å². The van der Waals surface area contributed by atoms with Crippen molar-refractivity contribution in [2.75, 3.05) is 6.61 Å². The van der Waals surface area contributed by atoms with E-state index in [9.17, 15) is 4.39 Å². The second-order valence-corrected chi connectivity index (χ2v) is 3.69. The third kappa shape index (κ3) is 3.35. The minimum Gasteiger partial charge on any atom is -0.491 e. The number of halogens is 2. The maximum atomic E-state index is 13.1. The van der Waals surface area contributed by atoms with E-state index in [1.54, 1.807) is 12.1 Å². The summed E-state index contributed by atoms with van der Waals surface area (Å²) in [5.41, 5.74) is 0. The van der Waals surface area contributed by atoms with Crippen LogP contribution in [-0.4, -0.2) is 6.61 Å². The van der Waals surface area contributed by atoms with Crippen LogP contribution in [0.4, 0.5) is 4.39 Å². The molecule has 0 aliphatic rings. The number of unbranched alkanes of at least 4 members (excludes halogenated alkanes) is 1. The summed E-state index contributed by atoms with van der Waals surface area (Å²) in [5.74, 6) is 0.0159. The lowest BCUT2D eigenvalue weighted by molar-refractivity contribution is 0.294. The van der Waals surface area contributed by atoms with Gasteiger partial charge in [-0.3, -0.25) is 0 Å². The van der Waals surface area contributed by atoms with Gasteiger partial charge in [0.05, 0.1) is 6.61 Å². The van der Waals surface area contributed by atoms with E-state index in [0.29, 0.717) is 12.4 Å². The number of ether oxygens (including phenoxy) is 1. The number of benzene rings is 1. The molecule has 0 unspecified atom stereocenters.